The van der Waals surface area contributed by atoms with Gasteiger partial charge in [-0.1, -0.05) is 0 Å². The molecule has 1 atom stereocenters. The fourth-order valence-corrected chi connectivity index (χ4v) is 4.57. The van der Waals surface area contributed by atoms with Gasteiger partial charge in [0, 0.05) is 24.5 Å². The van der Waals surface area contributed by atoms with Crippen molar-refractivity contribution in [3.8, 4) is 0 Å². The summed E-state index contributed by atoms with van der Waals surface area (Å²) >= 11 is 0. The Labute approximate surface area is 131 Å². The van der Waals surface area contributed by atoms with Crippen molar-refractivity contribution in [2.45, 2.75) is 49.7 Å². The van der Waals surface area contributed by atoms with Gasteiger partial charge in [-0.3, -0.25) is 4.79 Å². The third-order valence-electron chi connectivity index (χ3n) is 5.13. The summed E-state index contributed by atoms with van der Waals surface area (Å²) in [4.78, 5) is 18.1. The number of aromatic nitrogens is 1. The Bertz CT molecular complexity index is 714. The summed E-state index contributed by atoms with van der Waals surface area (Å²) in [5, 5.41) is -0.462. The minimum atomic E-state index is -3.02. The van der Waals surface area contributed by atoms with Crippen LogP contribution in [0.3, 0.4) is 0 Å². The van der Waals surface area contributed by atoms with Gasteiger partial charge in [0.05, 0.1) is 16.6 Å². The van der Waals surface area contributed by atoms with Gasteiger partial charge >= 0.3 is 0 Å². The quantitative estimate of drug-likeness (QED) is 0.925. The number of amides is 1. The fourth-order valence-electron chi connectivity index (χ4n) is 3.29. The molecule has 1 aromatic rings. The van der Waals surface area contributed by atoms with E-state index in [1.165, 1.54) is 18.5 Å². The summed E-state index contributed by atoms with van der Waals surface area (Å²) in [5.74, 6) is 1.18. The van der Waals surface area contributed by atoms with E-state index in [1.54, 1.807) is 11.8 Å². The first-order chi connectivity index (χ1) is 10.5. The summed E-state index contributed by atoms with van der Waals surface area (Å²) < 4.78 is 23.7. The highest BCUT2D eigenvalue weighted by molar-refractivity contribution is 7.92. The lowest BCUT2D eigenvalue weighted by molar-refractivity contribution is 0.0759. The minimum absolute atomic E-state index is 0.00630. The predicted molar refractivity (Wildman–Crippen MR) is 83.9 cm³/mol. The number of nitrogens with zero attached hydrogens (tertiary/aromatic N) is 1. The van der Waals surface area contributed by atoms with E-state index < -0.39 is 15.1 Å². The number of aromatic amines is 1. The summed E-state index contributed by atoms with van der Waals surface area (Å²) in [6, 6.07) is 2.03. The number of carbonyl (C=O) groups excluding carboxylic acids is 1. The standard InChI is InChI=1S/C16H22N2O3S/c1-10-9-18(6-7-22(10,20)21)16(19)13-8-14(11-2-3-11)17-15(13)12-4-5-12/h8,10-12,17H,2-7,9H2,1H3/t10-/m0/s1. The average molecular weight is 322 g/mol. The van der Waals surface area contributed by atoms with E-state index >= 15 is 0 Å². The van der Waals surface area contributed by atoms with Crippen molar-refractivity contribution < 1.29 is 13.2 Å². The molecular formula is C16H22N2O3S. The first kappa shape index (κ1) is 14.3. The predicted octanol–water partition coefficient (Wildman–Crippen LogP) is 2.03. The molecule has 3 fully saturated rings. The number of sulfone groups is 1. The van der Waals surface area contributed by atoms with E-state index in [2.05, 4.69) is 4.98 Å². The summed E-state index contributed by atoms with van der Waals surface area (Å²) in [6.07, 6.45) is 4.71. The van der Waals surface area contributed by atoms with Gasteiger partial charge in [0.2, 0.25) is 0 Å². The lowest BCUT2D eigenvalue weighted by Gasteiger charge is -2.31. The van der Waals surface area contributed by atoms with E-state index in [0.717, 1.165) is 24.1 Å². The van der Waals surface area contributed by atoms with Crippen molar-refractivity contribution >= 4 is 15.7 Å². The van der Waals surface area contributed by atoms with E-state index in [4.69, 9.17) is 0 Å². The fraction of sp³-hybridized carbons (Fsp3) is 0.688. The van der Waals surface area contributed by atoms with Crippen molar-refractivity contribution in [2.24, 2.45) is 0 Å². The van der Waals surface area contributed by atoms with Crippen molar-refractivity contribution in [2.75, 3.05) is 18.8 Å². The Balaban J connectivity index is 1.60. The van der Waals surface area contributed by atoms with Crippen LogP contribution in [0.4, 0.5) is 0 Å². The maximum atomic E-state index is 12.9. The topological polar surface area (TPSA) is 70.2 Å². The normalized spacial score (nSPS) is 27.9. The molecule has 0 aromatic carbocycles. The minimum Gasteiger partial charge on any atom is -0.361 e. The van der Waals surface area contributed by atoms with Crippen LogP contribution in [0.1, 0.15) is 66.2 Å². The number of carbonyl (C=O) groups is 1. The van der Waals surface area contributed by atoms with Gasteiger partial charge in [0.15, 0.2) is 9.84 Å². The van der Waals surface area contributed by atoms with E-state index in [9.17, 15) is 13.2 Å². The molecule has 120 valence electrons. The van der Waals surface area contributed by atoms with Crippen molar-refractivity contribution in [3.63, 3.8) is 0 Å². The van der Waals surface area contributed by atoms with Gasteiger partial charge in [-0.15, -0.1) is 0 Å². The third-order valence-corrected chi connectivity index (χ3v) is 7.25. The number of nitrogens with one attached hydrogen (secondary N) is 1. The van der Waals surface area contributed by atoms with Gasteiger partial charge in [-0.25, -0.2) is 8.42 Å². The summed E-state index contributed by atoms with van der Waals surface area (Å²) in [6.45, 7) is 2.33. The SMILES string of the molecule is C[C@H]1CN(C(=O)c2cc(C3CC3)[nH]c2C2CC2)CCS1(=O)=O. The Morgan fingerprint density at radius 2 is 1.91 bits per heavy atom. The zero-order valence-electron chi connectivity index (χ0n) is 12.8. The van der Waals surface area contributed by atoms with E-state index in [1.807, 2.05) is 6.07 Å². The number of hydrogen-bond acceptors (Lipinski definition) is 3. The maximum Gasteiger partial charge on any atom is 0.255 e. The number of H-pyrrole nitrogens is 1. The van der Waals surface area contributed by atoms with Crippen molar-refractivity contribution in [1.29, 1.82) is 0 Å². The van der Waals surface area contributed by atoms with Gasteiger partial charge in [-0.2, -0.15) is 0 Å². The van der Waals surface area contributed by atoms with Crippen molar-refractivity contribution in [1.82, 2.24) is 9.88 Å². The smallest absolute Gasteiger partial charge is 0.255 e. The third kappa shape index (κ3) is 2.47. The second-order valence-corrected chi connectivity index (χ2v) is 9.57. The molecule has 2 aliphatic carbocycles. The highest BCUT2D eigenvalue weighted by Gasteiger charge is 2.37. The molecule has 1 amide bonds. The van der Waals surface area contributed by atoms with Crippen LogP contribution in [0.5, 0.6) is 0 Å². The molecular weight excluding hydrogens is 300 g/mol. The molecule has 1 N–H and O–H groups in total. The molecule has 2 heterocycles. The largest absolute Gasteiger partial charge is 0.361 e. The van der Waals surface area contributed by atoms with Crippen LogP contribution in [0.25, 0.3) is 0 Å². The van der Waals surface area contributed by atoms with Crippen LogP contribution in [-0.2, 0) is 9.84 Å². The first-order valence-corrected chi connectivity index (χ1v) is 9.91. The van der Waals surface area contributed by atoms with Crippen LogP contribution in [0, 0.1) is 0 Å². The van der Waals surface area contributed by atoms with Gasteiger partial charge in [0.25, 0.3) is 5.91 Å². The lowest BCUT2D eigenvalue weighted by Crippen LogP contribution is -2.48. The average Bonchev–Trinajstić information content (AvgIpc) is 3.39. The molecule has 3 aliphatic rings. The summed E-state index contributed by atoms with van der Waals surface area (Å²) in [5.41, 5.74) is 3.08. The molecule has 1 aliphatic heterocycles. The first-order valence-electron chi connectivity index (χ1n) is 8.19. The highest BCUT2D eigenvalue weighted by Crippen LogP contribution is 2.45. The Kier molecular flexibility index (Phi) is 3.15. The maximum absolute atomic E-state index is 12.9. The summed E-state index contributed by atoms with van der Waals surface area (Å²) in [7, 11) is -3.02. The second-order valence-electron chi connectivity index (χ2n) is 7.03. The molecule has 5 nitrogen and oxygen atoms in total. The van der Waals surface area contributed by atoms with Crippen LogP contribution >= 0.6 is 0 Å². The molecule has 4 rings (SSSR count). The zero-order chi connectivity index (χ0) is 15.5. The molecule has 0 bridgehead atoms. The molecule has 6 heteroatoms. The molecule has 1 saturated heterocycles. The second kappa shape index (κ2) is 4.85. The van der Waals surface area contributed by atoms with Gasteiger partial charge in [0.1, 0.15) is 0 Å². The molecule has 0 radical (unpaired) electrons. The monoisotopic (exact) mass is 322 g/mol. The van der Waals surface area contributed by atoms with E-state index in [-0.39, 0.29) is 11.7 Å². The lowest BCUT2D eigenvalue weighted by atomic mass is 10.1. The molecule has 22 heavy (non-hydrogen) atoms. The Morgan fingerprint density at radius 3 is 2.50 bits per heavy atom. The Morgan fingerprint density at radius 1 is 1.23 bits per heavy atom. The molecule has 2 saturated carbocycles. The number of rotatable bonds is 3. The molecule has 1 aromatic heterocycles. The van der Waals surface area contributed by atoms with Crippen LogP contribution in [0.15, 0.2) is 6.07 Å². The van der Waals surface area contributed by atoms with Gasteiger partial charge in [-0.05, 0) is 50.5 Å². The van der Waals surface area contributed by atoms with Crippen LogP contribution < -0.4 is 0 Å². The molecule has 0 spiro atoms. The van der Waals surface area contributed by atoms with Crippen LogP contribution in [0.2, 0.25) is 0 Å². The number of hydrogen-bond donors (Lipinski definition) is 1. The van der Waals surface area contributed by atoms with Crippen LogP contribution in [-0.4, -0.2) is 48.3 Å². The highest BCUT2D eigenvalue weighted by atomic mass is 32.2. The van der Waals surface area contributed by atoms with Crippen molar-refractivity contribution in [3.05, 3.63) is 23.0 Å². The van der Waals surface area contributed by atoms with E-state index in [0.29, 0.717) is 24.9 Å². The molecule has 0 unspecified atom stereocenters. The van der Waals surface area contributed by atoms with Gasteiger partial charge < -0.3 is 9.88 Å². The zero-order valence-corrected chi connectivity index (χ0v) is 13.7. The Hall–Kier alpha value is -1.30.